The standard InChI is InChI=1S/C12H11N5OS/c18-12(10-7-14-16-19-10)13-5-4-9-8-17-6-2-1-3-11(17)15-9/h1-3,6-8H,4-5H2,(H,13,18). The SMILES string of the molecule is O=C(NCCc1cn2ccccc2n1)c1cnns1. The Morgan fingerprint density at radius 3 is 3.16 bits per heavy atom. The second-order valence-corrected chi connectivity index (χ2v) is 4.77. The molecule has 96 valence electrons. The lowest BCUT2D eigenvalue weighted by Gasteiger charge is -2.00. The van der Waals surface area contributed by atoms with Crippen LogP contribution < -0.4 is 5.32 Å². The van der Waals surface area contributed by atoms with Crippen LogP contribution in [0.3, 0.4) is 0 Å². The van der Waals surface area contributed by atoms with Crippen LogP contribution in [0.1, 0.15) is 15.4 Å². The Kier molecular flexibility index (Phi) is 3.20. The monoisotopic (exact) mass is 273 g/mol. The fourth-order valence-electron chi connectivity index (χ4n) is 1.77. The van der Waals surface area contributed by atoms with Crippen LogP contribution in [0.5, 0.6) is 0 Å². The fourth-order valence-corrected chi connectivity index (χ4v) is 2.20. The Hall–Kier alpha value is -2.28. The minimum absolute atomic E-state index is 0.140. The van der Waals surface area contributed by atoms with E-state index in [4.69, 9.17) is 0 Å². The highest BCUT2D eigenvalue weighted by molar-refractivity contribution is 7.07. The molecule has 7 heteroatoms. The second-order valence-electron chi connectivity index (χ2n) is 3.99. The molecule has 0 radical (unpaired) electrons. The van der Waals surface area contributed by atoms with E-state index in [0.717, 1.165) is 22.9 Å². The maximum Gasteiger partial charge on any atom is 0.264 e. The van der Waals surface area contributed by atoms with Gasteiger partial charge in [0.15, 0.2) is 0 Å². The number of nitrogens with one attached hydrogen (secondary N) is 1. The molecule has 0 unspecified atom stereocenters. The van der Waals surface area contributed by atoms with Crippen molar-refractivity contribution in [3.8, 4) is 0 Å². The van der Waals surface area contributed by atoms with Gasteiger partial charge in [0.05, 0.1) is 11.9 Å². The van der Waals surface area contributed by atoms with Crippen molar-refractivity contribution in [2.75, 3.05) is 6.54 Å². The van der Waals surface area contributed by atoms with Gasteiger partial charge in [-0.1, -0.05) is 10.6 Å². The molecule has 0 atom stereocenters. The smallest absolute Gasteiger partial charge is 0.264 e. The zero-order chi connectivity index (χ0) is 13.1. The third-order valence-electron chi connectivity index (χ3n) is 2.67. The first-order valence-corrected chi connectivity index (χ1v) is 6.58. The maximum atomic E-state index is 11.7. The molecule has 19 heavy (non-hydrogen) atoms. The van der Waals surface area contributed by atoms with Gasteiger partial charge in [-0.2, -0.15) is 0 Å². The lowest BCUT2D eigenvalue weighted by Crippen LogP contribution is -2.24. The number of nitrogens with zero attached hydrogens (tertiary/aromatic N) is 4. The van der Waals surface area contributed by atoms with E-state index in [0.29, 0.717) is 17.8 Å². The number of aromatic nitrogens is 4. The molecule has 0 spiro atoms. The first-order valence-electron chi connectivity index (χ1n) is 5.81. The molecule has 1 amide bonds. The minimum Gasteiger partial charge on any atom is -0.351 e. The summed E-state index contributed by atoms with van der Waals surface area (Å²) < 4.78 is 5.62. The molecule has 0 aromatic carbocycles. The molecule has 6 nitrogen and oxygen atoms in total. The van der Waals surface area contributed by atoms with E-state index in [9.17, 15) is 4.79 Å². The summed E-state index contributed by atoms with van der Waals surface area (Å²) in [5.41, 5.74) is 1.87. The quantitative estimate of drug-likeness (QED) is 0.774. The van der Waals surface area contributed by atoms with Gasteiger partial charge < -0.3 is 9.72 Å². The van der Waals surface area contributed by atoms with Gasteiger partial charge in [0.1, 0.15) is 10.5 Å². The minimum atomic E-state index is -0.140. The van der Waals surface area contributed by atoms with E-state index in [1.54, 1.807) is 0 Å². The van der Waals surface area contributed by atoms with Crippen molar-refractivity contribution < 1.29 is 4.79 Å². The zero-order valence-corrected chi connectivity index (χ0v) is 10.8. The predicted molar refractivity (Wildman–Crippen MR) is 71.1 cm³/mol. The predicted octanol–water partition coefficient (Wildman–Crippen LogP) is 1.16. The van der Waals surface area contributed by atoms with Crippen molar-refractivity contribution in [1.29, 1.82) is 0 Å². The summed E-state index contributed by atoms with van der Waals surface area (Å²) in [4.78, 5) is 16.6. The second kappa shape index (κ2) is 5.15. The van der Waals surface area contributed by atoms with Gasteiger partial charge in [-0.25, -0.2) is 4.98 Å². The maximum absolute atomic E-state index is 11.7. The number of carbonyl (C=O) groups is 1. The molecule has 1 N–H and O–H groups in total. The van der Waals surface area contributed by atoms with Gasteiger partial charge in [0.25, 0.3) is 5.91 Å². The van der Waals surface area contributed by atoms with E-state index in [2.05, 4.69) is 19.9 Å². The van der Waals surface area contributed by atoms with Gasteiger partial charge in [-0.15, -0.1) is 5.10 Å². The number of amides is 1. The van der Waals surface area contributed by atoms with Crippen LogP contribution in [0.25, 0.3) is 5.65 Å². The summed E-state index contributed by atoms with van der Waals surface area (Å²) in [6.45, 7) is 0.542. The Labute approximate surface area is 113 Å². The summed E-state index contributed by atoms with van der Waals surface area (Å²) in [5.74, 6) is -0.140. The molecular weight excluding hydrogens is 262 g/mol. The first kappa shape index (κ1) is 11.8. The van der Waals surface area contributed by atoms with Crippen molar-refractivity contribution in [2.24, 2.45) is 0 Å². The largest absolute Gasteiger partial charge is 0.351 e. The van der Waals surface area contributed by atoms with E-state index in [1.807, 2.05) is 35.0 Å². The molecule has 3 aromatic heterocycles. The lowest BCUT2D eigenvalue weighted by molar-refractivity contribution is 0.0958. The molecule has 0 aliphatic rings. The van der Waals surface area contributed by atoms with Crippen molar-refractivity contribution in [3.63, 3.8) is 0 Å². The Balaban J connectivity index is 1.59. The van der Waals surface area contributed by atoms with Gasteiger partial charge >= 0.3 is 0 Å². The summed E-state index contributed by atoms with van der Waals surface area (Å²) in [7, 11) is 0. The summed E-state index contributed by atoms with van der Waals surface area (Å²) in [5, 5.41) is 6.45. The zero-order valence-electron chi connectivity index (χ0n) is 9.98. The molecule has 0 fully saturated rings. The van der Waals surface area contributed by atoms with Crippen LogP contribution in [-0.4, -0.2) is 31.4 Å². The number of hydrogen-bond donors (Lipinski definition) is 1. The average molecular weight is 273 g/mol. The third kappa shape index (κ3) is 2.60. The average Bonchev–Trinajstić information content (AvgIpc) is 3.07. The summed E-state index contributed by atoms with van der Waals surface area (Å²) in [6, 6.07) is 5.85. The number of imidazole rings is 1. The van der Waals surface area contributed by atoms with Crippen LogP contribution in [0.4, 0.5) is 0 Å². The Morgan fingerprint density at radius 2 is 2.37 bits per heavy atom. The molecule has 3 rings (SSSR count). The van der Waals surface area contributed by atoms with Crippen molar-refractivity contribution in [1.82, 2.24) is 24.3 Å². The first-order chi connectivity index (χ1) is 9.33. The molecular formula is C12H11N5OS. The van der Waals surface area contributed by atoms with Gasteiger partial charge in [-0.05, 0) is 23.7 Å². The van der Waals surface area contributed by atoms with Crippen molar-refractivity contribution in [3.05, 3.63) is 47.4 Å². The van der Waals surface area contributed by atoms with Gasteiger partial charge in [0.2, 0.25) is 0 Å². The van der Waals surface area contributed by atoms with Crippen molar-refractivity contribution in [2.45, 2.75) is 6.42 Å². The van der Waals surface area contributed by atoms with Crippen LogP contribution in [0.15, 0.2) is 36.8 Å². The molecule has 0 bridgehead atoms. The molecule has 0 saturated heterocycles. The summed E-state index contributed by atoms with van der Waals surface area (Å²) in [6.07, 6.45) is 6.08. The molecule has 3 heterocycles. The molecule has 3 aromatic rings. The van der Waals surface area contributed by atoms with E-state index < -0.39 is 0 Å². The summed E-state index contributed by atoms with van der Waals surface area (Å²) >= 11 is 1.09. The molecule has 0 aliphatic heterocycles. The van der Waals surface area contributed by atoms with Gasteiger partial charge in [-0.3, -0.25) is 4.79 Å². The van der Waals surface area contributed by atoms with Crippen LogP contribution in [0, 0.1) is 0 Å². The van der Waals surface area contributed by atoms with Crippen LogP contribution in [-0.2, 0) is 6.42 Å². The highest BCUT2D eigenvalue weighted by atomic mass is 32.1. The van der Waals surface area contributed by atoms with E-state index in [-0.39, 0.29) is 5.91 Å². The number of carbonyl (C=O) groups excluding carboxylic acids is 1. The van der Waals surface area contributed by atoms with E-state index >= 15 is 0 Å². The highest BCUT2D eigenvalue weighted by Gasteiger charge is 2.08. The van der Waals surface area contributed by atoms with Crippen LogP contribution in [0.2, 0.25) is 0 Å². The number of rotatable bonds is 4. The third-order valence-corrected chi connectivity index (χ3v) is 3.33. The topological polar surface area (TPSA) is 72.2 Å². The van der Waals surface area contributed by atoms with Crippen molar-refractivity contribution >= 4 is 23.1 Å². The number of pyridine rings is 1. The highest BCUT2D eigenvalue weighted by Crippen LogP contribution is 2.05. The molecule has 0 saturated carbocycles. The van der Waals surface area contributed by atoms with Crippen LogP contribution >= 0.6 is 11.5 Å². The Morgan fingerprint density at radius 1 is 1.42 bits per heavy atom. The fraction of sp³-hybridized carbons (Fsp3) is 0.167. The van der Waals surface area contributed by atoms with Gasteiger partial charge in [0, 0.05) is 25.4 Å². The number of hydrogen-bond acceptors (Lipinski definition) is 5. The van der Waals surface area contributed by atoms with E-state index in [1.165, 1.54) is 6.20 Å². The lowest BCUT2D eigenvalue weighted by atomic mass is 10.3. The normalized spacial score (nSPS) is 10.7. The molecule has 0 aliphatic carbocycles. The Bertz CT molecular complexity index is 658. The number of fused-ring (bicyclic) bond motifs is 1.